The zero-order valence-electron chi connectivity index (χ0n) is 16.6. The van der Waals surface area contributed by atoms with Crippen molar-refractivity contribution in [3.8, 4) is 5.75 Å². The molecule has 6 nitrogen and oxygen atoms in total. The molecular weight excluding hydrogens is 386 g/mol. The number of benzene rings is 2. The molecule has 1 heterocycles. The van der Waals surface area contributed by atoms with Gasteiger partial charge in [-0.25, -0.2) is 13.4 Å². The molecule has 29 heavy (non-hydrogen) atoms. The fourth-order valence-corrected chi connectivity index (χ4v) is 4.48. The fraction of sp³-hybridized carbons (Fsp3) is 0.318. The van der Waals surface area contributed by atoms with Gasteiger partial charge in [0.05, 0.1) is 24.4 Å². The number of fused-ring (bicyclic) bond motifs is 2. The topological polar surface area (TPSA) is 94.3 Å². The van der Waals surface area contributed by atoms with E-state index in [1.807, 2.05) is 30.3 Å². The highest BCUT2D eigenvalue weighted by Crippen LogP contribution is 2.37. The van der Waals surface area contributed by atoms with Gasteiger partial charge in [0, 0.05) is 17.3 Å². The van der Waals surface area contributed by atoms with Gasteiger partial charge in [0.25, 0.3) is 0 Å². The van der Waals surface area contributed by atoms with Crippen LogP contribution in [0.2, 0.25) is 0 Å². The largest absolute Gasteiger partial charge is 0.497 e. The lowest BCUT2D eigenvalue weighted by Gasteiger charge is -2.19. The average molecular weight is 412 g/mol. The minimum Gasteiger partial charge on any atom is -0.497 e. The Morgan fingerprint density at radius 1 is 1.24 bits per heavy atom. The summed E-state index contributed by atoms with van der Waals surface area (Å²) in [7, 11) is -1.43. The van der Waals surface area contributed by atoms with Crippen LogP contribution in [0, 0.1) is 0 Å². The van der Waals surface area contributed by atoms with E-state index >= 15 is 0 Å². The summed E-state index contributed by atoms with van der Waals surface area (Å²) in [5, 5.41) is 4.41. The Balaban J connectivity index is 1.73. The lowest BCUT2D eigenvalue weighted by Crippen LogP contribution is -2.13. The monoisotopic (exact) mass is 411 g/mol. The first-order chi connectivity index (χ1) is 13.8. The van der Waals surface area contributed by atoms with Gasteiger partial charge in [0.15, 0.2) is 0 Å². The van der Waals surface area contributed by atoms with E-state index in [9.17, 15) is 8.42 Å². The first kappa shape index (κ1) is 19.5. The predicted octanol–water partition coefficient (Wildman–Crippen LogP) is 3.51. The van der Waals surface area contributed by atoms with Crippen molar-refractivity contribution in [3.63, 3.8) is 0 Å². The second-order valence-electron chi connectivity index (χ2n) is 7.59. The molecule has 4 rings (SSSR count). The highest BCUT2D eigenvalue weighted by atomic mass is 32.2. The summed E-state index contributed by atoms with van der Waals surface area (Å²) < 4.78 is 28.9. The molecule has 0 saturated heterocycles. The number of aryl methyl sites for hydroxylation is 2. The molecule has 0 radical (unpaired) electrons. The normalized spacial score (nSPS) is 16.0. The van der Waals surface area contributed by atoms with Gasteiger partial charge in [0.2, 0.25) is 0 Å². The number of nitrogen functional groups attached to an aromatic ring is 1. The molecule has 152 valence electrons. The summed E-state index contributed by atoms with van der Waals surface area (Å²) in [6.45, 7) is 0. The number of aromatic nitrogens is 1. The van der Waals surface area contributed by atoms with Gasteiger partial charge in [-0.3, -0.25) is 0 Å². The summed E-state index contributed by atoms with van der Waals surface area (Å²) in [4.78, 5) is 4.80. The quantitative estimate of drug-likeness (QED) is 0.603. The lowest BCUT2D eigenvalue weighted by atomic mass is 10.1. The highest BCUT2D eigenvalue weighted by molar-refractivity contribution is 7.90. The molecule has 1 unspecified atom stereocenters. The predicted molar refractivity (Wildman–Crippen MR) is 117 cm³/mol. The summed E-state index contributed by atoms with van der Waals surface area (Å²) in [6, 6.07) is 13.8. The van der Waals surface area contributed by atoms with Gasteiger partial charge in [-0.2, -0.15) is 0 Å². The van der Waals surface area contributed by atoms with Crippen LogP contribution in [-0.2, 0) is 22.7 Å². The van der Waals surface area contributed by atoms with Crippen molar-refractivity contribution in [2.45, 2.75) is 25.3 Å². The number of hydrogen-bond acceptors (Lipinski definition) is 6. The molecule has 0 saturated carbocycles. The Morgan fingerprint density at radius 3 is 2.83 bits per heavy atom. The number of sulfone groups is 1. The lowest BCUT2D eigenvalue weighted by molar-refractivity contribution is 0.414. The molecule has 0 fully saturated rings. The molecule has 1 atom stereocenters. The third kappa shape index (κ3) is 4.15. The second kappa shape index (κ2) is 7.55. The standard InChI is InChI=1S/C22H25N3O3S/c1-28-16-8-6-14-7-9-21(17(14)13-16)25-22-15(10-11-29(2,26)27)12-18-19(23)4-3-5-20(18)24-22/h3-6,8,12-13,21H,7,9-11,23H2,1-2H3,(H,24,25). The third-order valence-corrected chi connectivity index (χ3v) is 6.40. The Hall–Kier alpha value is -2.80. The maximum absolute atomic E-state index is 11.7. The number of nitrogens with two attached hydrogens (primary N) is 1. The molecule has 7 heteroatoms. The van der Waals surface area contributed by atoms with E-state index in [1.165, 1.54) is 17.4 Å². The van der Waals surface area contributed by atoms with Crippen LogP contribution in [0.1, 0.15) is 29.2 Å². The van der Waals surface area contributed by atoms with Gasteiger partial charge in [-0.1, -0.05) is 12.1 Å². The van der Waals surface area contributed by atoms with E-state index < -0.39 is 9.84 Å². The Labute approximate surface area is 171 Å². The number of nitrogens with one attached hydrogen (secondary N) is 1. The minimum atomic E-state index is -3.09. The molecule has 3 N–H and O–H groups in total. The van der Waals surface area contributed by atoms with Crippen molar-refractivity contribution in [1.82, 2.24) is 4.98 Å². The van der Waals surface area contributed by atoms with Crippen LogP contribution in [0.3, 0.4) is 0 Å². The average Bonchev–Trinajstić information content (AvgIpc) is 3.08. The van der Waals surface area contributed by atoms with Crippen LogP contribution in [0.5, 0.6) is 5.75 Å². The van der Waals surface area contributed by atoms with Crippen molar-refractivity contribution in [3.05, 3.63) is 59.2 Å². The molecule has 0 spiro atoms. The van der Waals surface area contributed by atoms with Crippen molar-refractivity contribution in [2.75, 3.05) is 30.2 Å². The van der Waals surface area contributed by atoms with E-state index in [0.29, 0.717) is 17.9 Å². The van der Waals surface area contributed by atoms with E-state index in [4.69, 9.17) is 15.5 Å². The van der Waals surface area contributed by atoms with Crippen LogP contribution in [0.4, 0.5) is 11.5 Å². The van der Waals surface area contributed by atoms with Crippen LogP contribution >= 0.6 is 0 Å². The number of methoxy groups -OCH3 is 1. The number of rotatable bonds is 6. The summed E-state index contributed by atoms with van der Waals surface area (Å²) in [5.41, 5.74) is 10.9. The maximum atomic E-state index is 11.7. The van der Waals surface area contributed by atoms with Crippen LogP contribution < -0.4 is 15.8 Å². The second-order valence-corrected chi connectivity index (χ2v) is 9.85. The van der Waals surface area contributed by atoms with Crippen molar-refractivity contribution in [1.29, 1.82) is 0 Å². The Morgan fingerprint density at radius 2 is 2.07 bits per heavy atom. The summed E-state index contributed by atoms with van der Waals surface area (Å²) in [6.07, 6.45) is 3.57. The SMILES string of the molecule is COc1ccc2c(c1)C(Nc1nc3cccc(N)c3cc1CCS(C)(=O)=O)CC2. The van der Waals surface area contributed by atoms with Crippen LogP contribution in [0.25, 0.3) is 10.9 Å². The van der Waals surface area contributed by atoms with Gasteiger partial charge < -0.3 is 15.8 Å². The zero-order valence-corrected chi connectivity index (χ0v) is 17.4. The van der Waals surface area contributed by atoms with E-state index in [1.54, 1.807) is 7.11 Å². The molecule has 1 aromatic heterocycles. The molecule has 3 aromatic rings. The Bertz CT molecular complexity index is 1180. The van der Waals surface area contributed by atoms with Gasteiger partial charge >= 0.3 is 0 Å². The molecular formula is C22H25N3O3S. The molecule has 1 aliphatic rings. The van der Waals surface area contributed by atoms with Crippen LogP contribution in [0.15, 0.2) is 42.5 Å². The summed E-state index contributed by atoms with van der Waals surface area (Å²) in [5.74, 6) is 1.61. The number of anilines is 2. The molecule has 0 bridgehead atoms. The fourth-order valence-electron chi connectivity index (χ4n) is 3.89. The van der Waals surface area contributed by atoms with Gasteiger partial charge in [-0.05, 0) is 66.3 Å². The highest BCUT2D eigenvalue weighted by Gasteiger charge is 2.24. The van der Waals surface area contributed by atoms with Gasteiger partial charge in [0.1, 0.15) is 21.4 Å². The number of pyridine rings is 1. The van der Waals surface area contributed by atoms with Crippen LogP contribution in [-0.4, -0.2) is 32.5 Å². The number of ether oxygens (including phenoxy) is 1. The third-order valence-electron chi connectivity index (χ3n) is 5.46. The smallest absolute Gasteiger partial charge is 0.147 e. The molecule has 2 aromatic carbocycles. The number of nitrogens with zero attached hydrogens (tertiary/aromatic N) is 1. The minimum absolute atomic E-state index is 0.0662. The maximum Gasteiger partial charge on any atom is 0.147 e. The van der Waals surface area contributed by atoms with E-state index in [0.717, 1.165) is 35.1 Å². The van der Waals surface area contributed by atoms with Crippen molar-refractivity contribution < 1.29 is 13.2 Å². The van der Waals surface area contributed by atoms with Gasteiger partial charge in [-0.15, -0.1) is 0 Å². The first-order valence-electron chi connectivity index (χ1n) is 9.63. The van der Waals surface area contributed by atoms with E-state index in [2.05, 4.69) is 17.4 Å². The van der Waals surface area contributed by atoms with E-state index in [-0.39, 0.29) is 11.8 Å². The number of hydrogen-bond donors (Lipinski definition) is 2. The molecule has 1 aliphatic carbocycles. The molecule has 0 amide bonds. The zero-order chi connectivity index (χ0) is 20.6. The molecule has 0 aliphatic heterocycles. The van der Waals surface area contributed by atoms with Crippen molar-refractivity contribution >= 4 is 32.2 Å². The first-order valence-corrected chi connectivity index (χ1v) is 11.7. The Kier molecular flexibility index (Phi) is 5.08. The van der Waals surface area contributed by atoms with Crippen molar-refractivity contribution in [2.24, 2.45) is 0 Å². The summed E-state index contributed by atoms with van der Waals surface area (Å²) >= 11 is 0.